The van der Waals surface area contributed by atoms with Crippen molar-refractivity contribution in [3.63, 3.8) is 0 Å². The third-order valence-electron chi connectivity index (χ3n) is 4.20. The van der Waals surface area contributed by atoms with E-state index in [-0.39, 0.29) is 17.2 Å². The summed E-state index contributed by atoms with van der Waals surface area (Å²) in [5, 5.41) is 3.04. The largest absolute Gasteiger partial charge is 0.444 e. The fraction of sp³-hybridized carbons (Fsp3) is 0. The van der Waals surface area contributed by atoms with E-state index in [1.807, 2.05) is 0 Å². The van der Waals surface area contributed by atoms with Crippen LogP contribution in [0.3, 0.4) is 0 Å². The fourth-order valence-electron chi connectivity index (χ4n) is 2.80. The zero-order chi connectivity index (χ0) is 20.4. The predicted octanol–water partition coefficient (Wildman–Crippen LogP) is 3.70. The van der Waals surface area contributed by atoms with Crippen LogP contribution in [0.15, 0.2) is 88.2 Å². The molecule has 29 heavy (non-hydrogen) atoms. The Hall–Kier alpha value is -2.93. The van der Waals surface area contributed by atoms with Gasteiger partial charge in [-0.15, -0.1) is 0 Å². The number of hydrogen-bond acceptors (Lipinski definition) is 4. The minimum atomic E-state index is -3.86. The Bertz CT molecular complexity index is 1200. The number of rotatable bonds is 5. The van der Waals surface area contributed by atoms with Gasteiger partial charge in [0.15, 0.2) is 10.4 Å². The molecule has 0 saturated carbocycles. The van der Waals surface area contributed by atoms with Crippen LogP contribution in [0.25, 0.3) is 5.69 Å². The van der Waals surface area contributed by atoms with Crippen LogP contribution in [0.2, 0.25) is 0 Å². The molecule has 0 saturated heterocycles. The third-order valence-corrected chi connectivity index (χ3v) is 6.50. The number of imidazole rings is 1. The van der Waals surface area contributed by atoms with E-state index in [1.54, 1.807) is 77.5 Å². The lowest BCUT2D eigenvalue weighted by Gasteiger charge is -2.14. The maximum atomic E-state index is 13.0. The van der Waals surface area contributed by atoms with E-state index in [2.05, 4.69) is 26.2 Å². The summed E-state index contributed by atoms with van der Waals surface area (Å²) >= 11 is 3.16. The molecule has 2 heterocycles. The first-order valence-electron chi connectivity index (χ1n) is 8.54. The summed E-state index contributed by atoms with van der Waals surface area (Å²) in [5.74, 6) is -0.197. The monoisotopic (exact) mass is 471 g/mol. The SMILES string of the molecule is O=C(Nc1ccc(-n2ccnc2P(=O)(O)c2ccccc2)cc1)c1ccc(Br)o1. The fourth-order valence-corrected chi connectivity index (χ4v) is 4.61. The minimum absolute atomic E-state index is 0.0564. The first kappa shape index (κ1) is 19.4. The number of anilines is 1. The summed E-state index contributed by atoms with van der Waals surface area (Å²) in [7, 11) is -3.86. The Morgan fingerprint density at radius 3 is 2.45 bits per heavy atom. The van der Waals surface area contributed by atoms with Gasteiger partial charge in [0.1, 0.15) is 0 Å². The summed E-state index contributed by atoms with van der Waals surface area (Å²) in [6.45, 7) is 0. The highest BCUT2D eigenvalue weighted by Gasteiger charge is 2.29. The molecule has 9 heteroatoms. The van der Waals surface area contributed by atoms with Crippen molar-refractivity contribution in [3.8, 4) is 5.69 Å². The van der Waals surface area contributed by atoms with Gasteiger partial charge in [-0.3, -0.25) is 13.9 Å². The number of halogens is 1. The van der Waals surface area contributed by atoms with Gasteiger partial charge >= 0.3 is 0 Å². The molecule has 4 rings (SSSR count). The first-order chi connectivity index (χ1) is 13.9. The molecule has 0 aliphatic rings. The number of furan rings is 1. The van der Waals surface area contributed by atoms with Gasteiger partial charge in [0.2, 0.25) is 5.57 Å². The lowest BCUT2D eigenvalue weighted by Crippen LogP contribution is -2.24. The van der Waals surface area contributed by atoms with Crippen molar-refractivity contribution in [1.29, 1.82) is 0 Å². The van der Waals surface area contributed by atoms with Gasteiger partial charge in [0.25, 0.3) is 13.3 Å². The van der Waals surface area contributed by atoms with E-state index in [9.17, 15) is 14.3 Å². The molecule has 0 aliphatic carbocycles. The van der Waals surface area contributed by atoms with Gasteiger partial charge in [0.05, 0.1) is 0 Å². The summed E-state index contributed by atoms with van der Waals surface area (Å²) < 4.78 is 20.3. The highest BCUT2D eigenvalue weighted by molar-refractivity contribution is 9.10. The quantitative estimate of drug-likeness (QED) is 0.432. The second-order valence-corrected chi connectivity index (χ2v) is 8.96. The van der Waals surface area contributed by atoms with Gasteiger partial charge in [-0.05, 0) is 64.5 Å². The zero-order valence-electron chi connectivity index (χ0n) is 14.9. The highest BCUT2D eigenvalue weighted by Crippen LogP contribution is 2.37. The van der Waals surface area contributed by atoms with Crippen molar-refractivity contribution in [3.05, 3.63) is 89.6 Å². The van der Waals surface area contributed by atoms with Crippen molar-refractivity contribution < 1.29 is 18.7 Å². The number of benzene rings is 2. The van der Waals surface area contributed by atoms with Crippen LogP contribution in [-0.2, 0) is 4.57 Å². The topological polar surface area (TPSA) is 97.4 Å². The van der Waals surface area contributed by atoms with Crippen LogP contribution < -0.4 is 16.2 Å². The highest BCUT2D eigenvalue weighted by atomic mass is 79.9. The van der Waals surface area contributed by atoms with E-state index in [0.717, 1.165) is 0 Å². The Morgan fingerprint density at radius 1 is 1.07 bits per heavy atom. The summed E-state index contributed by atoms with van der Waals surface area (Å²) in [5.41, 5.74) is 1.26. The van der Waals surface area contributed by atoms with Crippen LogP contribution in [0, 0.1) is 0 Å². The zero-order valence-corrected chi connectivity index (χ0v) is 17.4. The number of nitrogens with one attached hydrogen (secondary N) is 1. The van der Waals surface area contributed by atoms with Crippen molar-refractivity contribution in [1.82, 2.24) is 9.55 Å². The van der Waals surface area contributed by atoms with Crippen LogP contribution in [0.1, 0.15) is 10.6 Å². The number of nitrogens with zero attached hydrogens (tertiary/aromatic N) is 2. The Morgan fingerprint density at radius 2 is 1.79 bits per heavy atom. The first-order valence-corrected chi connectivity index (χ1v) is 11.0. The van der Waals surface area contributed by atoms with Crippen LogP contribution in [0.4, 0.5) is 5.69 Å². The molecule has 2 N–H and O–H groups in total. The van der Waals surface area contributed by atoms with Gasteiger partial charge in [-0.25, -0.2) is 4.98 Å². The number of aromatic nitrogens is 2. The molecular weight excluding hydrogens is 457 g/mol. The van der Waals surface area contributed by atoms with Crippen LogP contribution in [-0.4, -0.2) is 20.4 Å². The lowest BCUT2D eigenvalue weighted by atomic mass is 10.2. The van der Waals surface area contributed by atoms with Crippen LogP contribution in [0.5, 0.6) is 0 Å². The molecule has 1 unspecified atom stereocenters. The molecule has 2 aromatic carbocycles. The smallest absolute Gasteiger partial charge is 0.293 e. The summed E-state index contributed by atoms with van der Waals surface area (Å²) in [6.07, 6.45) is 3.10. The normalized spacial score (nSPS) is 13.0. The van der Waals surface area contributed by atoms with Crippen LogP contribution >= 0.6 is 23.3 Å². The molecule has 0 spiro atoms. The molecular formula is C20H15BrN3O4P. The molecule has 1 amide bonds. The average Bonchev–Trinajstić information content (AvgIpc) is 3.39. The average molecular weight is 472 g/mol. The second kappa shape index (κ2) is 7.83. The van der Waals surface area contributed by atoms with Crippen molar-refractivity contribution in [2.75, 3.05) is 5.32 Å². The van der Waals surface area contributed by atoms with Crippen molar-refractivity contribution in [2.45, 2.75) is 0 Å². The predicted molar refractivity (Wildman–Crippen MR) is 113 cm³/mol. The van der Waals surface area contributed by atoms with E-state index < -0.39 is 7.37 Å². The molecule has 1 atom stereocenters. The summed E-state index contributed by atoms with van der Waals surface area (Å²) in [6, 6.07) is 18.4. The standard InChI is InChI=1S/C20H15BrN3O4P/c21-18-11-10-17(28-18)19(25)23-14-6-8-15(9-7-14)24-13-12-22-20(24)29(26,27)16-4-2-1-3-5-16/h1-13H,(H,23,25)(H,26,27). The molecule has 0 bridgehead atoms. The second-order valence-electron chi connectivity index (χ2n) is 6.11. The van der Waals surface area contributed by atoms with E-state index in [1.165, 1.54) is 6.20 Å². The molecule has 2 aromatic heterocycles. The maximum absolute atomic E-state index is 13.0. The maximum Gasteiger partial charge on any atom is 0.293 e. The Labute approximate surface area is 174 Å². The van der Waals surface area contributed by atoms with E-state index >= 15 is 0 Å². The lowest BCUT2D eigenvalue weighted by molar-refractivity contribution is 0.0995. The van der Waals surface area contributed by atoms with Crippen molar-refractivity contribution in [2.24, 2.45) is 0 Å². The number of carbonyl (C=O) groups excluding carboxylic acids is 1. The molecule has 0 fully saturated rings. The Balaban J connectivity index is 1.59. The molecule has 7 nitrogen and oxygen atoms in total. The number of carbonyl (C=O) groups is 1. The molecule has 146 valence electrons. The van der Waals surface area contributed by atoms with Gasteiger partial charge in [-0.2, -0.15) is 0 Å². The summed E-state index contributed by atoms with van der Waals surface area (Å²) in [4.78, 5) is 27.0. The van der Waals surface area contributed by atoms with Gasteiger partial charge in [0, 0.05) is 29.1 Å². The molecule has 4 aromatic rings. The molecule has 0 aliphatic heterocycles. The van der Waals surface area contributed by atoms with Crippen molar-refractivity contribution >= 4 is 45.8 Å². The Kier molecular flexibility index (Phi) is 5.24. The van der Waals surface area contributed by atoms with Gasteiger partial charge < -0.3 is 14.6 Å². The van der Waals surface area contributed by atoms with Gasteiger partial charge in [-0.1, -0.05) is 18.2 Å². The number of hydrogen-bond donors (Lipinski definition) is 2. The number of amides is 1. The minimum Gasteiger partial charge on any atom is -0.444 e. The molecule has 0 radical (unpaired) electrons. The third kappa shape index (κ3) is 3.96. The van der Waals surface area contributed by atoms with E-state index in [0.29, 0.717) is 21.3 Å². The van der Waals surface area contributed by atoms with E-state index in [4.69, 9.17) is 4.42 Å².